The number of rotatable bonds is 5. The standard InChI is InChI=1S/C10H10ClN3O6S/c1-13(2)5-12-21(19,20)9-6(10(15)16)3-4-7(11)8(9)14(17)18/h3-5H,1-2H3,(H,15,16). The molecule has 0 aliphatic heterocycles. The predicted octanol–water partition coefficient (Wildman–Crippen LogP) is 1.23. The molecule has 21 heavy (non-hydrogen) atoms. The van der Waals surface area contributed by atoms with Gasteiger partial charge in [0.2, 0.25) is 0 Å². The molecule has 1 N–H and O–H groups in total. The van der Waals surface area contributed by atoms with Crippen LogP contribution in [0.1, 0.15) is 10.4 Å². The van der Waals surface area contributed by atoms with Crippen LogP contribution in [0.4, 0.5) is 5.69 Å². The lowest BCUT2D eigenvalue weighted by Crippen LogP contribution is -2.14. The Morgan fingerprint density at radius 2 is 2.05 bits per heavy atom. The lowest BCUT2D eigenvalue weighted by atomic mass is 10.2. The second kappa shape index (κ2) is 6.06. The summed E-state index contributed by atoms with van der Waals surface area (Å²) in [5.74, 6) is -1.65. The van der Waals surface area contributed by atoms with Gasteiger partial charge in [-0.3, -0.25) is 10.1 Å². The van der Waals surface area contributed by atoms with Crippen molar-refractivity contribution >= 4 is 39.6 Å². The van der Waals surface area contributed by atoms with Gasteiger partial charge >= 0.3 is 11.7 Å². The second-order valence-electron chi connectivity index (χ2n) is 3.99. The highest BCUT2D eigenvalue weighted by atomic mass is 35.5. The molecule has 0 heterocycles. The van der Waals surface area contributed by atoms with E-state index in [2.05, 4.69) is 4.40 Å². The largest absolute Gasteiger partial charge is 0.478 e. The van der Waals surface area contributed by atoms with E-state index in [0.29, 0.717) is 0 Å². The minimum Gasteiger partial charge on any atom is -0.478 e. The molecule has 0 bridgehead atoms. The van der Waals surface area contributed by atoms with E-state index in [1.807, 2.05) is 0 Å². The molecule has 1 rings (SSSR count). The van der Waals surface area contributed by atoms with E-state index in [0.717, 1.165) is 18.5 Å². The molecule has 0 aliphatic rings. The third-order valence-corrected chi connectivity index (χ3v) is 3.78. The third kappa shape index (κ3) is 3.67. The number of carboxylic acids is 1. The van der Waals surface area contributed by atoms with Gasteiger partial charge in [-0.25, -0.2) is 4.79 Å². The summed E-state index contributed by atoms with van der Waals surface area (Å²) >= 11 is 5.61. The molecule has 0 aliphatic carbocycles. The van der Waals surface area contributed by atoms with Crippen LogP contribution in [0.3, 0.4) is 0 Å². The Labute approximate surface area is 124 Å². The van der Waals surface area contributed by atoms with Gasteiger partial charge in [0.1, 0.15) is 11.4 Å². The number of carbonyl (C=O) groups is 1. The fourth-order valence-electron chi connectivity index (χ4n) is 1.36. The minimum atomic E-state index is -4.61. The molecule has 0 amide bonds. The summed E-state index contributed by atoms with van der Waals surface area (Å²) in [5, 5.41) is 19.5. The molecule has 0 aromatic heterocycles. The molecule has 0 fully saturated rings. The van der Waals surface area contributed by atoms with Crippen molar-refractivity contribution < 1.29 is 23.2 Å². The van der Waals surface area contributed by atoms with Crippen LogP contribution < -0.4 is 0 Å². The molecule has 0 spiro atoms. The first-order chi connectivity index (χ1) is 9.58. The zero-order valence-corrected chi connectivity index (χ0v) is 12.4. The predicted molar refractivity (Wildman–Crippen MR) is 74.4 cm³/mol. The molecule has 1 aromatic rings. The van der Waals surface area contributed by atoms with Gasteiger partial charge in [0, 0.05) is 14.1 Å². The number of hydrogen-bond acceptors (Lipinski definition) is 5. The normalized spacial score (nSPS) is 11.6. The summed E-state index contributed by atoms with van der Waals surface area (Å²) in [4.78, 5) is 21.3. The van der Waals surface area contributed by atoms with E-state index < -0.39 is 42.1 Å². The third-order valence-electron chi connectivity index (χ3n) is 2.17. The van der Waals surface area contributed by atoms with Crippen LogP contribution in [0.25, 0.3) is 0 Å². The summed E-state index contributed by atoms with van der Waals surface area (Å²) in [6, 6.07) is 1.81. The van der Waals surface area contributed by atoms with Crippen molar-refractivity contribution in [1.29, 1.82) is 0 Å². The number of carboxylic acid groups (broad SMARTS) is 1. The quantitative estimate of drug-likeness (QED) is 0.370. The highest BCUT2D eigenvalue weighted by Gasteiger charge is 2.34. The summed E-state index contributed by atoms with van der Waals surface area (Å²) < 4.78 is 27.4. The highest BCUT2D eigenvalue weighted by Crippen LogP contribution is 2.35. The Kier molecular flexibility index (Phi) is 4.86. The average molecular weight is 336 g/mol. The van der Waals surface area contributed by atoms with Gasteiger partial charge in [0.05, 0.1) is 10.5 Å². The molecule has 114 valence electrons. The molecular formula is C10H10ClN3O6S. The molecular weight excluding hydrogens is 326 g/mol. The topological polar surface area (TPSA) is 130 Å². The van der Waals surface area contributed by atoms with Crippen molar-refractivity contribution in [2.45, 2.75) is 4.90 Å². The lowest BCUT2D eigenvalue weighted by Gasteiger charge is -2.07. The van der Waals surface area contributed by atoms with E-state index in [4.69, 9.17) is 16.7 Å². The maximum Gasteiger partial charge on any atom is 0.337 e. The number of halogens is 1. The van der Waals surface area contributed by atoms with Crippen LogP contribution in [-0.2, 0) is 10.0 Å². The van der Waals surface area contributed by atoms with E-state index in [1.54, 1.807) is 0 Å². The maximum absolute atomic E-state index is 12.1. The zero-order chi connectivity index (χ0) is 16.4. The number of sulfonamides is 1. The van der Waals surface area contributed by atoms with Gasteiger partial charge in [0.15, 0.2) is 4.90 Å². The van der Waals surface area contributed by atoms with Crippen LogP contribution in [-0.4, -0.2) is 49.8 Å². The smallest absolute Gasteiger partial charge is 0.337 e. The summed E-state index contributed by atoms with van der Waals surface area (Å²) in [6.45, 7) is 0. The lowest BCUT2D eigenvalue weighted by molar-refractivity contribution is -0.387. The number of nitro benzene ring substituents is 1. The Morgan fingerprint density at radius 1 is 1.48 bits per heavy atom. The van der Waals surface area contributed by atoms with E-state index in [-0.39, 0.29) is 0 Å². The summed E-state index contributed by atoms with van der Waals surface area (Å²) in [5.41, 5.74) is -1.80. The SMILES string of the molecule is CN(C)C=NS(=O)(=O)c1c(C(=O)O)ccc(Cl)c1[N+](=O)[O-]. The fourth-order valence-corrected chi connectivity index (χ4v) is 2.92. The Hall–Kier alpha value is -2.20. The molecule has 11 heteroatoms. The molecule has 0 unspecified atom stereocenters. The molecule has 1 aromatic carbocycles. The molecule has 0 saturated heterocycles. The first-order valence-corrected chi connectivity index (χ1v) is 7.07. The van der Waals surface area contributed by atoms with Gasteiger partial charge < -0.3 is 10.0 Å². The van der Waals surface area contributed by atoms with Crippen molar-refractivity contribution in [3.05, 3.63) is 32.8 Å². The minimum absolute atomic E-state index is 0.497. The van der Waals surface area contributed by atoms with Gasteiger partial charge in [-0.05, 0) is 12.1 Å². The number of aromatic carboxylic acids is 1. The van der Waals surface area contributed by atoms with Gasteiger partial charge in [-0.1, -0.05) is 11.6 Å². The molecule has 9 nitrogen and oxygen atoms in total. The van der Waals surface area contributed by atoms with Crippen LogP contribution >= 0.6 is 11.6 Å². The van der Waals surface area contributed by atoms with E-state index in [1.165, 1.54) is 19.0 Å². The van der Waals surface area contributed by atoms with Crippen LogP contribution in [0, 0.1) is 10.1 Å². The average Bonchev–Trinajstić information content (AvgIpc) is 2.35. The monoisotopic (exact) mass is 335 g/mol. The molecule has 0 radical (unpaired) electrons. The van der Waals surface area contributed by atoms with Crippen molar-refractivity contribution in [2.24, 2.45) is 4.40 Å². The van der Waals surface area contributed by atoms with Crippen LogP contribution in [0.15, 0.2) is 21.4 Å². The van der Waals surface area contributed by atoms with Crippen molar-refractivity contribution in [1.82, 2.24) is 4.90 Å². The number of nitrogens with zero attached hydrogens (tertiary/aromatic N) is 3. The van der Waals surface area contributed by atoms with E-state index in [9.17, 15) is 23.3 Å². The fraction of sp³-hybridized carbons (Fsp3) is 0.200. The highest BCUT2D eigenvalue weighted by molar-refractivity contribution is 7.90. The number of benzene rings is 1. The van der Waals surface area contributed by atoms with E-state index >= 15 is 0 Å². The first kappa shape index (κ1) is 16.9. The summed E-state index contributed by atoms with van der Waals surface area (Å²) in [7, 11) is -1.66. The van der Waals surface area contributed by atoms with Crippen molar-refractivity contribution in [3.8, 4) is 0 Å². The number of hydrogen-bond donors (Lipinski definition) is 1. The number of nitro groups is 1. The zero-order valence-electron chi connectivity index (χ0n) is 10.8. The van der Waals surface area contributed by atoms with Gasteiger partial charge in [0.25, 0.3) is 10.0 Å². The van der Waals surface area contributed by atoms with Crippen molar-refractivity contribution in [2.75, 3.05) is 14.1 Å². The van der Waals surface area contributed by atoms with Crippen molar-refractivity contribution in [3.63, 3.8) is 0 Å². The Balaban J connectivity index is 3.77. The van der Waals surface area contributed by atoms with Gasteiger partial charge in [-0.2, -0.15) is 8.42 Å². The first-order valence-electron chi connectivity index (χ1n) is 5.25. The molecule has 0 atom stereocenters. The molecule has 0 saturated carbocycles. The Morgan fingerprint density at radius 3 is 2.48 bits per heavy atom. The Bertz CT molecular complexity index is 729. The van der Waals surface area contributed by atoms with Gasteiger partial charge in [-0.15, -0.1) is 4.40 Å². The van der Waals surface area contributed by atoms with Crippen LogP contribution in [0.2, 0.25) is 5.02 Å². The maximum atomic E-state index is 12.1. The second-order valence-corrected chi connectivity index (χ2v) is 5.97. The van der Waals surface area contributed by atoms with Crippen LogP contribution in [0.5, 0.6) is 0 Å². The summed E-state index contributed by atoms with van der Waals surface area (Å²) in [6.07, 6.45) is 0.881.